The second-order valence-corrected chi connectivity index (χ2v) is 5.55. The fraction of sp³-hybridized carbons (Fsp3) is 0.438. The van der Waals surface area contributed by atoms with Crippen molar-refractivity contribution in [1.82, 2.24) is 9.88 Å². The molecule has 1 N–H and O–H groups in total. The summed E-state index contributed by atoms with van der Waals surface area (Å²) in [6, 6.07) is 6.87. The molecule has 1 heterocycles. The summed E-state index contributed by atoms with van der Waals surface area (Å²) < 4.78 is 15.1. The van der Waals surface area contributed by atoms with Gasteiger partial charge in [-0.1, -0.05) is 19.3 Å². The van der Waals surface area contributed by atoms with Crippen LogP contribution in [0.3, 0.4) is 0 Å². The van der Waals surface area contributed by atoms with Crippen molar-refractivity contribution in [1.29, 1.82) is 0 Å². The van der Waals surface area contributed by atoms with E-state index in [1.165, 1.54) is 31.4 Å². The molecule has 1 fully saturated rings. The van der Waals surface area contributed by atoms with Gasteiger partial charge in [0.15, 0.2) is 0 Å². The first-order chi connectivity index (χ1) is 9.72. The van der Waals surface area contributed by atoms with Crippen molar-refractivity contribution in [3.8, 4) is 0 Å². The van der Waals surface area contributed by atoms with E-state index >= 15 is 0 Å². The summed E-state index contributed by atoms with van der Waals surface area (Å²) in [5.74, 6) is -0.260. The lowest BCUT2D eigenvalue weighted by Gasteiger charge is -2.22. The average Bonchev–Trinajstić information content (AvgIpc) is 2.82. The van der Waals surface area contributed by atoms with Gasteiger partial charge >= 0.3 is 0 Å². The molecule has 1 aromatic carbocycles. The molecule has 1 aliphatic rings. The molecule has 1 amide bonds. The highest BCUT2D eigenvalue weighted by Crippen LogP contribution is 2.19. The van der Waals surface area contributed by atoms with Crippen LogP contribution in [0, 0.1) is 5.82 Å². The van der Waals surface area contributed by atoms with E-state index in [0.29, 0.717) is 6.04 Å². The second-order valence-electron chi connectivity index (χ2n) is 5.55. The van der Waals surface area contributed by atoms with E-state index < -0.39 is 0 Å². The summed E-state index contributed by atoms with van der Waals surface area (Å²) in [5, 5.41) is 4.04. The molecule has 0 aliphatic heterocycles. The van der Waals surface area contributed by atoms with E-state index in [1.807, 2.05) is 12.3 Å². The molecular formula is C16H19FN2O. The second kappa shape index (κ2) is 5.65. The minimum atomic E-state index is -0.273. The number of rotatable bonds is 3. The number of aromatic nitrogens is 1. The Bertz CT molecular complexity index is 614. The lowest BCUT2D eigenvalue weighted by Crippen LogP contribution is -2.38. The van der Waals surface area contributed by atoms with Gasteiger partial charge < -0.3 is 9.88 Å². The van der Waals surface area contributed by atoms with Crippen LogP contribution in [-0.4, -0.2) is 16.5 Å². The molecule has 1 aliphatic carbocycles. The van der Waals surface area contributed by atoms with Gasteiger partial charge in [0.25, 0.3) is 0 Å². The first-order valence-electron chi connectivity index (χ1n) is 7.26. The molecule has 3 rings (SSSR count). The molecule has 1 aromatic heterocycles. The molecule has 4 heteroatoms. The molecule has 0 radical (unpaired) electrons. The Morgan fingerprint density at radius 2 is 2.05 bits per heavy atom. The molecule has 106 valence electrons. The smallest absolute Gasteiger partial charge is 0.240 e. The van der Waals surface area contributed by atoms with Gasteiger partial charge in [0.05, 0.1) is 5.52 Å². The summed E-state index contributed by atoms with van der Waals surface area (Å²) in [6.45, 7) is 0.253. The molecule has 0 bridgehead atoms. The number of hydrogen-bond acceptors (Lipinski definition) is 1. The van der Waals surface area contributed by atoms with Crippen LogP contribution in [0.5, 0.6) is 0 Å². The van der Waals surface area contributed by atoms with Crippen molar-refractivity contribution in [3.63, 3.8) is 0 Å². The molecule has 0 spiro atoms. The topological polar surface area (TPSA) is 34.0 Å². The summed E-state index contributed by atoms with van der Waals surface area (Å²) in [6.07, 6.45) is 7.66. The zero-order valence-corrected chi connectivity index (χ0v) is 11.4. The lowest BCUT2D eigenvalue weighted by atomic mass is 9.95. The van der Waals surface area contributed by atoms with Gasteiger partial charge in [0, 0.05) is 12.2 Å². The van der Waals surface area contributed by atoms with Crippen molar-refractivity contribution in [2.24, 2.45) is 0 Å². The first-order valence-corrected chi connectivity index (χ1v) is 7.26. The molecular weight excluding hydrogens is 255 g/mol. The van der Waals surface area contributed by atoms with Crippen LogP contribution < -0.4 is 5.32 Å². The Balaban J connectivity index is 1.69. The van der Waals surface area contributed by atoms with E-state index in [0.717, 1.165) is 23.7 Å². The van der Waals surface area contributed by atoms with Crippen LogP contribution in [-0.2, 0) is 11.3 Å². The molecule has 20 heavy (non-hydrogen) atoms. The standard InChI is InChI=1S/C16H19FN2O/c17-13-7-6-12-8-9-19(15(12)10-13)11-16(20)18-14-4-2-1-3-5-14/h6-10,14H,1-5,11H2,(H,18,20). The number of fused-ring (bicyclic) bond motifs is 1. The number of amides is 1. The van der Waals surface area contributed by atoms with Gasteiger partial charge in [-0.2, -0.15) is 0 Å². The van der Waals surface area contributed by atoms with Gasteiger partial charge in [-0.15, -0.1) is 0 Å². The largest absolute Gasteiger partial charge is 0.352 e. The molecule has 2 aromatic rings. The van der Waals surface area contributed by atoms with Gasteiger partial charge in [-0.25, -0.2) is 4.39 Å². The van der Waals surface area contributed by atoms with E-state index in [1.54, 1.807) is 10.6 Å². The predicted octanol–water partition coefficient (Wildman–Crippen LogP) is 3.23. The lowest BCUT2D eigenvalue weighted by molar-refractivity contribution is -0.122. The van der Waals surface area contributed by atoms with Gasteiger partial charge in [0.2, 0.25) is 5.91 Å². The number of carbonyl (C=O) groups is 1. The van der Waals surface area contributed by atoms with Crippen molar-refractivity contribution < 1.29 is 9.18 Å². The van der Waals surface area contributed by atoms with Crippen LogP contribution in [0.2, 0.25) is 0 Å². The number of hydrogen-bond donors (Lipinski definition) is 1. The molecule has 0 unspecified atom stereocenters. The number of nitrogens with zero attached hydrogens (tertiary/aromatic N) is 1. The molecule has 0 atom stereocenters. The highest BCUT2D eigenvalue weighted by atomic mass is 19.1. The predicted molar refractivity (Wildman–Crippen MR) is 76.9 cm³/mol. The Morgan fingerprint density at radius 3 is 2.85 bits per heavy atom. The number of carbonyl (C=O) groups excluding carboxylic acids is 1. The summed E-state index contributed by atoms with van der Waals surface area (Å²) >= 11 is 0. The van der Waals surface area contributed by atoms with E-state index in [-0.39, 0.29) is 18.3 Å². The van der Waals surface area contributed by atoms with E-state index in [2.05, 4.69) is 5.32 Å². The van der Waals surface area contributed by atoms with Crippen LogP contribution in [0.1, 0.15) is 32.1 Å². The number of benzene rings is 1. The zero-order chi connectivity index (χ0) is 13.9. The van der Waals surface area contributed by atoms with E-state index in [9.17, 15) is 9.18 Å². The summed E-state index contributed by atoms with van der Waals surface area (Å²) in [5.41, 5.74) is 0.767. The zero-order valence-electron chi connectivity index (χ0n) is 11.4. The van der Waals surface area contributed by atoms with Crippen molar-refractivity contribution in [3.05, 3.63) is 36.3 Å². The Morgan fingerprint density at radius 1 is 1.25 bits per heavy atom. The third kappa shape index (κ3) is 2.84. The minimum absolute atomic E-state index is 0.0126. The Kier molecular flexibility index (Phi) is 3.72. The normalized spacial score (nSPS) is 16.4. The molecule has 1 saturated carbocycles. The van der Waals surface area contributed by atoms with Crippen LogP contribution in [0.15, 0.2) is 30.5 Å². The summed E-state index contributed by atoms with van der Waals surface area (Å²) in [7, 11) is 0. The van der Waals surface area contributed by atoms with Crippen molar-refractivity contribution in [2.45, 2.75) is 44.7 Å². The highest BCUT2D eigenvalue weighted by molar-refractivity contribution is 5.83. The summed E-state index contributed by atoms with van der Waals surface area (Å²) in [4.78, 5) is 12.1. The maximum atomic E-state index is 13.3. The Labute approximate surface area is 117 Å². The molecule has 3 nitrogen and oxygen atoms in total. The van der Waals surface area contributed by atoms with Gasteiger partial charge in [0.1, 0.15) is 12.4 Å². The third-order valence-electron chi connectivity index (χ3n) is 4.02. The quantitative estimate of drug-likeness (QED) is 0.916. The van der Waals surface area contributed by atoms with Gasteiger partial charge in [-0.3, -0.25) is 4.79 Å². The first kappa shape index (κ1) is 13.2. The van der Waals surface area contributed by atoms with Crippen LogP contribution in [0.4, 0.5) is 4.39 Å². The minimum Gasteiger partial charge on any atom is -0.352 e. The monoisotopic (exact) mass is 274 g/mol. The Hall–Kier alpha value is -1.84. The van der Waals surface area contributed by atoms with Crippen LogP contribution in [0.25, 0.3) is 10.9 Å². The maximum absolute atomic E-state index is 13.3. The SMILES string of the molecule is O=C(Cn1ccc2ccc(F)cc21)NC1CCCCC1. The molecule has 0 saturated heterocycles. The number of nitrogens with one attached hydrogen (secondary N) is 1. The van der Waals surface area contributed by atoms with Crippen molar-refractivity contribution >= 4 is 16.8 Å². The van der Waals surface area contributed by atoms with E-state index in [4.69, 9.17) is 0 Å². The number of halogens is 1. The highest BCUT2D eigenvalue weighted by Gasteiger charge is 2.16. The average molecular weight is 274 g/mol. The van der Waals surface area contributed by atoms with Crippen molar-refractivity contribution in [2.75, 3.05) is 0 Å². The fourth-order valence-electron chi connectivity index (χ4n) is 2.97. The fourth-order valence-corrected chi connectivity index (χ4v) is 2.97. The maximum Gasteiger partial charge on any atom is 0.240 e. The van der Waals surface area contributed by atoms with Gasteiger partial charge in [-0.05, 0) is 42.5 Å². The van der Waals surface area contributed by atoms with Crippen LogP contribution >= 0.6 is 0 Å². The third-order valence-corrected chi connectivity index (χ3v) is 4.02.